The first-order chi connectivity index (χ1) is 16.7. The predicted octanol–water partition coefficient (Wildman–Crippen LogP) is 6.06. The van der Waals surface area contributed by atoms with Crippen molar-refractivity contribution in [1.82, 2.24) is 0 Å². The molecule has 5 nitrogen and oxygen atoms in total. The number of benzene rings is 3. The van der Waals surface area contributed by atoms with Gasteiger partial charge in [0.1, 0.15) is 54.3 Å². The lowest BCUT2D eigenvalue weighted by Gasteiger charge is -2.28. The minimum atomic E-state index is 0.0764. The third-order valence-corrected chi connectivity index (χ3v) is 6.36. The summed E-state index contributed by atoms with van der Waals surface area (Å²) in [6.07, 6.45) is 4.28. The van der Waals surface area contributed by atoms with Crippen LogP contribution in [0, 0.1) is 28.6 Å². The van der Waals surface area contributed by atoms with Gasteiger partial charge in [-0.25, -0.2) is 0 Å². The van der Waals surface area contributed by atoms with Gasteiger partial charge in [0.25, 0.3) is 0 Å². The Balaban J connectivity index is 1.72. The smallest absolute Gasteiger partial charge is 0.142 e. The lowest BCUT2D eigenvalue weighted by molar-refractivity contribution is -0.111. The van der Waals surface area contributed by atoms with Gasteiger partial charge in [0.2, 0.25) is 0 Å². The first-order valence-corrected chi connectivity index (χ1v) is 11.5. The summed E-state index contributed by atoms with van der Waals surface area (Å²) in [5.41, 5.74) is 3.22. The molecule has 3 aromatic carbocycles. The molecule has 34 heavy (non-hydrogen) atoms. The van der Waals surface area contributed by atoms with Crippen molar-refractivity contribution in [1.29, 1.82) is 10.5 Å². The quantitative estimate of drug-likeness (QED) is 0.390. The molecule has 3 aromatic rings. The van der Waals surface area contributed by atoms with Gasteiger partial charge < -0.3 is 14.3 Å². The summed E-state index contributed by atoms with van der Waals surface area (Å²) < 4.78 is 12.3. The Morgan fingerprint density at radius 1 is 0.794 bits per heavy atom. The summed E-state index contributed by atoms with van der Waals surface area (Å²) in [5, 5.41) is 20.0. The van der Waals surface area contributed by atoms with Crippen LogP contribution in [0.15, 0.2) is 66.7 Å². The van der Waals surface area contributed by atoms with E-state index < -0.39 is 0 Å². The SMILES string of the molecule is N#Cc1c(OCc2ccccc2)cc(C2CCC(C=O)CC2)c(OCc2ccccc2)c1C#N. The number of nitriles is 2. The minimum absolute atomic E-state index is 0.0764. The molecule has 0 spiro atoms. The van der Waals surface area contributed by atoms with Crippen LogP contribution in [0.25, 0.3) is 0 Å². The van der Waals surface area contributed by atoms with Gasteiger partial charge >= 0.3 is 0 Å². The largest absolute Gasteiger partial charge is 0.487 e. The van der Waals surface area contributed by atoms with Crippen LogP contribution in [-0.2, 0) is 18.0 Å². The van der Waals surface area contributed by atoms with Gasteiger partial charge in [0.15, 0.2) is 0 Å². The first kappa shape index (κ1) is 23.1. The molecule has 0 saturated heterocycles. The zero-order valence-electron chi connectivity index (χ0n) is 18.9. The first-order valence-electron chi connectivity index (χ1n) is 11.5. The molecule has 1 saturated carbocycles. The average molecular weight is 451 g/mol. The van der Waals surface area contributed by atoms with E-state index in [1.165, 1.54) is 0 Å². The normalized spacial score (nSPS) is 17.2. The Morgan fingerprint density at radius 3 is 1.88 bits per heavy atom. The van der Waals surface area contributed by atoms with Crippen LogP contribution in [0.1, 0.15) is 59.4 Å². The maximum atomic E-state index is 11.3. The van der Waals surface area contributed by atoms with E-state index in [1.807, 2.05) is 66.7 Å². The van der Waals surface area contributed by atoms with Gasteiger partial charge in [-0.2, -0.15) is 10.5 Å². The van der Waals surface area contributed by atoms with Crippen LogP contribution in [-0.4, -0.2) is 6.29 Å². The van der Waals surface area contributed by atoms with E-state index in [1.54, 1.807) is 0 Å². The second-order valence-electron chi connectivity index (χ2n) is 8.56. The highest BCUT2D eigenvalue weighted by Crippen LogP contribution is 2.44. The molecular weight excluding hydrogens is 424 g/mol. The monoisotopic (exact) mass is 450 g/mol. The van der Waals surface area contributed by atoms with Crippen molar-refractivity contribution in [2.75, 3.05) is 0 Å². The zero-order chi connectivity index (χ0) is 23.8. The van der Waals surface area contributed by atoms with E-state index in [0.717, 1.165) is 48.7 Å². The van der Waals surface area contributed by atoms with E-state index in [9.17, 15) is 15.3 Å². The lowest BCUT2D eigenvalue weighted by Crippen LogP contribution is -2.16. The molecule has 0 amide bonds. The Kier molecular flexibility index (Phi) is 7.58. The summed E-state index contributed by atoms with van der Waals surface area (Å²) in [6, 6.07) is 25.7. The van der Waals surface area contributed by atoms with Crippen molar-refractivity contribution < 1.29 is 14.3 Å². The summed E-state index contributed by atoms with van der Waals surface area (Å²) in [6.45, 7) is 0.587. The molecule has 0 heterocycles. The van der Waals surface area contributed by atoms with Gasteiger partial charge in [-0.05, 0) is 48.8 Å². The second-order valence-corrected chi connectivity index (χ2v) is 8.56. The Morgan fingerprint density at radius 2 is 1.35 bits per heavy atom. The zero-order valence-corrected chi connectivity index (χ0v) is 18.9. The molecule has 1 fully saturated rings. The van der Waals surface area contributed by atoms with Crippen molar-refractivity contribution in [3.8, 4) is 23.6 Å². The van der Waals surface area contributed by atoms with Gasteiger partial charge in [0.05, 0.1) is 0 Å². The number of aldehydes is 1. The predicted molar refractivity (Wildman–Crippen MR) is 128 cm³/mol. The summed E-state index contributed by atoms with van der Waals surface area (Å²) in [5.74, 6) is 1.04. The molecule has 0 aliphatic heterocycles. The molecule has 0 N–H and O–H groups in total. The third-order valence-electron chi connectivity index (χ3n) is 6.36. The van der Waals surface area contributed by atoms with Gasteiger partial charge in [-0.3, -0.25) is 0 Å². The summed E-state index contributed by atoms with van der Waals surface area (Å²) >= 11 is 0. The molecular formula is C29H26N2O3. The number of hydrogen-bond donors (Lipinski definition) is 0. The third kappa shape index (κ3) is 5.27. The van der Waals surface area contributed by atoms with Crippen LogP contribution < -0.4 is 9.47 Å². The number of hydrogen-bond acceptors (Lipinski definition) is 5. The molecule has 1 aliphatic rings. The Labute approximate surface area is 200 Å². The molecule has 0 radical (unpaired) electrons. The van der Waals surface area contributed by atoms with Crippen molar-refractivity contribution >= 4 is 6.29 Å². The summed E-state index contributed by atoms with van der Waals surface area (Å²) in [7, 11) is 0. The molecule has 4 rings (SSSR count). The van der Waals surface area contributed by atoms with E-state index in [0.29, 0.717) is 24.7 Å². The van der Waals surface area contributed by atoms with E-state index in [-0.39, 0.29) is 23.0 Å². The number of ether oxygens (including phenoxy) is 2. The highest BCUT2D eigenvalue weighted by atomic mass is 16.5. The highest BCUT2D eigenvalue weighted by molar-refractivity contribution is 5.64. The van der Waals surface area contributed by atoms with E-state index in [4.69, 9.17) is 9.47 Å². The topological polar surface area (TPSA) is 83.1 Å². The number of rotatable bonds is 8. The van der Waals surface area contributed by atoms with Crippen molar-refractivity contribution in [3.05, 3.63) is 94.5 Å². The van der Waals surface area contributed by atoms with Gasteiger partial charge in [-0.1, -0.05) is 60.7 Å². The minimum Gasteiger partial charge on any atom is -0.487 e. The second kappa shape index (κ2) is 11.2. The summed E-state index contributed by atoms with van der Waals surface area (Å²) in [4.78, 5) is 11.3. The maximum absolute atomic E-state index is 11.3. The molecule has 0 aromatic heterocycles. The van der Waals surface area contributed by atoms with Crippen molar-refractivity contribution in [3.63, 3.8) is 0 Å². The van der Waals surface area contributed by atoms with Crippen LogP contribution in [0.5, 0.6) is 11.5 Å². The molecule has 1 aliphatic carbocycles. The standard InChI is InChI=1S/C29H26N2O3/c30-16-26-27(17-31)29(34-20-23-9-5-2-6-10-23)25(24-13-11-21(18-32)12-14-24)15-28(26)33-19-22-7-3-1-4-8-22/h1-10,15,18,21,24H,11-14,19-20H2. The number of nitrogens with zero attached hydrogens (tertiary/aromatic N) is 2. The number of carbonyl (C=O) groups is 1. The van der Waals surface area contributed by atoms with E-state index >= 15 is 0 Å². The molecule has 5 heteroatoms. The fourth-order valence-electron chi connectivity index (χ4n) is 4.48. The fraction of sp³-hybridized carbons (Fsp3) is 0.276. The maximum Gasteiger partial charge on any atom is 0.142 e. The lowest BCUT2D eigenvalue weighted by atomic mass is 9.78. The number of carbonyl (C=O) groups excluding carboxylic acids is 1. The van der Waals surface area contributed by atoms with Crippen LogP contribution >= 0.6 is 0 Å². The van der Waals surface area contributed by atoms with Gasteiger partial charge in [-0.15, -0.1) is 0 Å². The van der Waals surface area contributed by atoms with E-state index in [2.05, 4.69) is 12.1 Å². The molecule has 0 bridgehead atoms. The Bertz CT molecular complexity index is 1200. The Hall–Kier alpha value is -4.09. The van der Waals surface area contributed by atoms with Crippen LogP contribution in [0.4, 0.5) is 0 Å². The van der Waals surface area contributed by atoms with Crippen molar-refractivity contribution in [2.45, 2.75) is 44.8 Å². The average Bonchev–Trinajstić information content (AvgIpc) is 2.91. The van der Waals surface area contributed by atoms with Crippen LogP contribution in [0.2, 0.25) is 0 Å². The van der Waals surface area contributed by atoms with Gasteiger partial charge in [0, 0.05) is 11.5 Å². The van der Waals surface area contributed by atoms with Crippen LogP contribution in [0.3, 0.4) is 0 Å². The molecule has 0 unspecified atom stereocenters. The van der Waals surface area contributed by atoms with Crippen molar-refractivity contribution in [2.24, 2.45) is 5.92 Å². The fourth-order valence-corrected chi connectivity index (χ4v) is 4.48. The molecule has 0 atom stereocenters. The molecule has 170 valence electrons. The highest BCUT2D eigenvalue weighted by Gasteiger charge is 2.29.